The predicted octanol–water partition coefficient (Wildman–Crippen LogP) is 5.28. The van der Waals surface area contributed by atoms with Gasteiger partial charge in [-0.25, -0.2) is 4.98 Å². The minimum absolute atomic E-state index is 0.0203. The third kappa shape index (κ3) is 4.46. The molecule has 3 N–H and O–H groups in total. The summed E-state index contributed by atoms with van der Waals surface area (Å²) in [5.74, 6) is -2.06. The van der Waals surface area contributed by atoms with Gasteiger partial charge < -0.3 is 20.0 Å². The molecule has 0 bridgehead atoms. The molecule has 44 heavy (non-hydrogen) atoms. The van der Waals surface area contributed by atoms with Crippen molar-refractivity contribution in [1.82, 2.24) is 20.2 Å². The van der Waals surface area contributed by atoms with Crippen molar-refractivity contribution in [1.29, 1.82) is 0 Å². The molecular formula is C34H29N5O5. The van der Waals surface area contributed by atoms with Gasteiger partial charge in [0.1, 0.15) is 11.8 Å². The molecule has 10 heteroatoms. The number of fused-ring (bicyclic) bond motifs is 4. The van der Waals surface area contributed by atoms with Crippen LogP contribution in [0.3, 0.4) is 0 Å². The van der Waals surface area contributed by atoms with Gasteiger partial charge in [-0.15, -0.1) is 0 Å². The second-order valence-electron chi connectivity index (χ2n) is 11.4. The summed E-state index contributed by atoms with van der Waals surface area (Å²) in [6.07, 6.45) is 2.19. The van der Waals surface area contributed by atoms with Crippen LogP contribution in [0.15, 0.2) is 77.3 Å². The number of rotatable bonds is 3. The Morgan fingerprint density at radius 3 is 2.25 bits per heavy atom. The Kier molecular flexibility index (Phi) is 6.61. The predicted molar refractivity (Wildman–Crippen MR) is 163 cm³/mol. The molecule has 0 radical (unpaired) electrons. The van der Waals surface area contributed by atoms with E-state index in [0.717, 1.165) is 32.5 Å². The van der Waals surface area contributed by atoms with Gasteiger partial charge in [-0.2, -0.15) is 0 Å². The molecule has 7 rings (SSSR count). The van der Waals surface area contributed by atoms with Gasteiger partial charge in [0.25, 0.3) is 17.7 Å². The van der Waals surface area contributed by atoms with Crippen LogP contribution in [-0.4, -0.2) is 45.0 Å². The number of nitrogens with zero attached hydrogens (tertiary/aromatic N) is 2. The number of carbonyl (C=O) groups is 4. The highest BCUT2D eigenvalue weighted by molar-refractivity contribution is 6.21. The van der Waals surface area contributed by atoms with Crippen LogP contribution in [0.25, 0.3) is 22.0 Å². The first-order valence-corrected chi connectivity index (χ1v) is 14.5. The van der Waals surface area contributed by atoms with Gasteiger partial charge in [-0.05, 0) is 47.7 Å². The normalized spacial score (nSPS) is 15.8. The maximum Gasteiger partial charge on any atom is 0.273 e. The minimum atomic E-state index is -0.892. The highest BCUT2D eigenvalue weighted by Gasteiger charge is 2.44. The number of anilines is 1. The number of nitrogens with one attached hydrogen (secondary N) is 3. The van der Waals surface area contributed by atoms with Crippen LogP contribution in [-0.2, 0) is 17.6 Å². The lowest BCUT2D eigenvalue weighted by atomic mass is 9.96. The van der Waals surface area contributed by atoms with Crippen LogP contribution in [0.2, 0.25) is 0 Å². The molecule has 4 heterocycles. The van der Waals surface area contributed by atoms with Crippen molar-refractivity contribution in [3.63, 3.8) is 0 Å². The van der Waals surface area contributed by atoms with Gasteiger partial charge in [0, 0.05) is 34.9 Å². The lowest BCUT2D eigenvalue weighted by molar-refractivity contribution is -0.115. The first-order valence-electron chi connectivity index (χ1n) is 14.5. The number of oxazole rings is 1. The number of aromatic amines is 1. The maximum atomic E-state index is 13.5. The van der Waals surface area contributed by atoms with Gasteiger partial charge in [0.2, 0.25) is 11.8 Å². The Labute approximate surface area is 252 Å². The van der Waals surface area contributed by atoms with E-state index in [1.165, 1.54) is 0 Å². The van der Waals surface area contributed by atoms with Gasteiger partial charge in [-0.3, -0.25) is 24.1 Å². The molecule has 2 aliphatic heterocycles. The van der Waals surface area contributed by atoms with Gasteiger partial charge in [-0.1, -0.05) is 56.3 Å². The van der Waals surface area contributed by atoms with E-state index in [0.29, 0.717) is 29.8 Å². The third-order valence-corrected chi connectivity index (χ3v) is 8.20. The van der Waals surface area contributed by atoms with Gasteiger partial charge in [0.15, 0.2) is 5.69 Å². The van der Waals surface area contributed by atoms with Crippen LogP contribution in [0, 0.1) is 5.92 Å². The Morgan fingerprint density at radius 1 is 0.841 bits per heavy atom. The highest BCUT2D eigenvalue weighted by Crippen LogP contribution is 2.38. The molecule has 2 aromatic heterocycles. The van der Waals surface area contributed by atoms with Crippen LogP contribution >= 0.6 is 0 Å². The van der Waals surface area contributed by atoms with E-state index in [9.17, 15) is 19.2 Å². The third-order valence-electron chi connectivity index (χ3n) is 8.20. The Morgan fingerprint density at radius 2 is 1.52 bits per heavy atom. The second-order valence-corrected chi connectivity index (χ2v) is 11.4. The zero-order chi connectivity index (χ0) is 30.5. The van der Waals surface area contributed by atoms with Crippen molar-refractivity contribution in [2.75, 3.05) is 11.9 Å². The number of hydrogen-bond acceptors (Lipinski definition) is 6. The van der Waals surface area contributed by atoms with Crippen molar-refractivity contribution in [2.24, 2.45) is 5.92 Å². The molecule has 0 fully saturated rings. The summed E-state index contributed by atoms with van der Waals surface area (Å²) in [5, 5.41) is 6.93. The van der Waals surface area contributed by atoms with E-state index in [1.807, 2.05) is 62.5 Å². The average Bonchev–Trinajstić information content (AvgIpc) is 3.69. The number of imide groups is 1. The molecule has 4 amide bonds. The number of para-hydroxylation sites is 1. The molecule has 0 saturated carbocycles. The lowest BCUT2D eigenvalue weighted by Gasteiger charge is -2.26. The van der Waals surface area contributed by atoms with Gasteiger partial charge in [0.05, 0.1) is 17.5 Å². The number of hydrogen-bond donors (Lipinski definition) is 3. The smallest absolute Gasteiger partial charge is 0.273 e. The molecule has 3 aromatic carbocycles. The fourth-order valence-corrected chi connectivity index (χ4v) is 6.19. The molecule has 5 aromatic rings. The van der Waals surface area contributed by atoms with Crippen molar-refractivity contribution < 1.29 is 23.6 Å². The quantitative estimate of drug-likeness (QED) is 0.246. The van der Waals surface area contributed by atoms with Gasteiger partial charge >= 0.3 is 0 Å². The van der Waals surface area contributed by atoms with E-state index in [1.54, 1.807) is 24.3 Å². The van der Waals surface area contributed by atoms with Crippen LogP contribution in [0.1, 0.15) is 68.3 Å². The number of aromatic nitrogens is 2. The molecule has 0 aliphatic carbocycles. The largest absolute Gasteiger partial charge is 0.442 e. The van der Waals surface area contributed by atoms with E-state index in [4.69, 9.17) is 4.42 Å². The van der Waals surface area contributed by atoms with Crippen LogP contribution in [0.5, 0.6) is 0 Å². The molecule has 2 aliphatic rings. The van der Waals surface area contributed by atoms with Crippen molar-refractivity contribution in [3.8, 4) is 11.1 Å². The standard InChI is InChI=1S/C34H29N5O5/c1-18(2)30(39-33(42)22-9-3-4-10-23(22)34(39)43)32-38-29-26(44-32)16-27(40)37-24-12-6-5-8-20(24)21-11-7-13-25-28(21)19(17-36-25)14-15-35-31(29)41/h3-13,17-18,30,36H,14-16H2,1-2H3,(H,35,41)(H,37,40)/t30-/m0/s1. The fourth-order valence-electron chi connectivity index (χ4n) is 6.19. The summed E-state index contributed by atoms with van der Waals surface area (Å²) < 4.78 is 6.13. The summed E-state index contributed by atoms with van der Waals surface area (Å²) in [6.45, 7) is 3.99. The van der Waals surface area contributed by atoms with E-state index >= 15 is 0 Å². The zero-order valence-corrected chi connectivity index (χ0v) is 24.1. The average molecular weight is 588 g/mol. The number of amides is 4. The Hall–Kier alpha value is -5.51. The number of carbonyl (C=O) groups excluding carboxylic acids is 4. The van der Waals surface area contributed by atoms with E-state index in [-0.39, 0.29) is 29.7 Å². The van der Waals surface area contributed by atoms with Crippen molar-refractivity contribution in [2.45, 2.75) is 32.7 Å². The maximum absolute atomic E-state index is 13.5. The molecule has 0 saturated heterocycles. The van der Waals surface area contributed by atoms with Crippen molar-refractivity contribution in [3.05, 3.63) is 107 Å². The summed E-state index contributed by atoms with van der Waals surface area (Å²) >= 11 is 0. The summed E-state index contributed by atoms with van der Waals surface area (Å²) in [5.41, 5.74) is 4.95. The minimum Gasteiger partial charge on any atom is -0.442 e. The van der Waals surface area contributed by atoms with E-state index in [2.05, 4.69) is 20.6 Å². The molecular weight excluding hydrogens is 558 g/mol. The summed E-state index contributed by atoms with van der Waals surface area (Å²) in [4.78, 5) is 62.8. The first kappa shape index (κ1) is 27.3. The molecule has 220 valence electrons. The Bertz CT molecular complexity index is 1950. The fraction of sp³-hybridized carbons (Fsp3) is 0.206. The SMILES string of the molecule is CC(C)[C@@H](c1nc2c(o1)CC(=O)Nc1ccccc1-c1cccc3[nH]cc(c13)CCNC2=O)N1C(=O)c2ccccc2C1=O. The number of H-pyrrole nitrogens is 1. The lowest BCUT2D eigenvalue weighted by Crippen LogP contribution is -2.37. The molecule has 0 spiro atoms. The summed E-state index contributed by atoms with van der Waals surface area (Å²) in [6, 6.07) is 19.3. The van der Waals surface area contributed by atoms with Crippen LogP contribution in [0.4, 0.5) is 5.69 Å². The molecule has 0 unspecified atom stereocenters. The monoisotopic (exact) mass is 587 g/mol. The van der Waals surface area contributed by atoms with Crippen LogP contribution < -0.4 is 10.6 Å². The zero-order valence-electron chi connectivity index (χ0n) is 24.1. The molecule has 1 atom stereocenters. The van der Waals surface area contributed by atoms with E-state index < -0.39 is 29.7 Å². The first-order chi connectivity index (χ1) is 21.3. The Balaban J connectivity index is 1.29. The van der Waals surface area contributed by atoms with Crippen molar-refractivity contribution >= 4 is 40.2 Å². The second kappa shape index (κ2) is 10.6. The topological polar surface area (TPSA) is 137 Å². The summed E-state index contributed by atoms with van der Waals surface area (Å²) in [7, 11) is 0. The highest BCUT2D eigenvalue weighted by atomic mass is 16.4. The number of benzene rings is 3. The molecule has 10 nitrogen and oxygen atoms in total.